The van der Waals surface area contributed by atoms with Gasteiger partial charge in [0, 0.05) is 28.5 Å². The smallest absolute Gasteiger partial charge is 0.281 e. The molecule has 8 heteroatoms. The highest BCUT2D eigenvalue weighted by atomic mass is 35.5. The van der Waals surface area contributed by atoms with Crippen LogP contribution >= 0.6 is 23.4 Å². The molecule has 3 nitrogen and oxygen atoms in total. The van der Waals surface area contributed by atoms with Crippen molar-refractivity contribution < 1.29 is 23.0 Å². The molecule has 0 amide bonds. The van der Waals surface area contributed by atoms with Gasteiger partial charge < -0.3 is 9.84 Å². The van der Waals surface area contributed by atoms with Crippen LogP contribution in [-0.2, 0) is 6.42 Å². The van der Waals surface area contributed by atoms with Crippen LogP contribution in [0.5, 0.6) is 11.5 Å². The molecule has 0 aromatic heterocycles. The molecule has 0 aliphatic heterocycles. The van der Waals surface area contributed by atoms with E-state index in [1.807, 2.05) is 0 Å². The second kappa shape index (κ2) is 6.79. The van der Waals surface area contributed by atoms with Gasteiger partial charge in [-0.15, -0.1) is 23.4 Å². The molecule has 3 rings (SSSR count). The number of nitrogens with zero attached hydrogens (tertiary/aromatic N) is 1. The lowest BCUT2D eigenvalue weighted by Gasteiger charge is -2.15. The maximum absolute atomic E-state index is 14.0. The lowest BCUT2D eigenvalue weighted by molar-refractivity contribution is -0.0976. The first-order valence-electron chi connectivity index (χ1n) is 7.14. The molecule has 1 atom stereocenters. The van der Waals surface area contributed by atoms with E-state index in [1.165, 1.54) is 18.2 Å². The topological polar surface area (TPSA) is 53.2 Å². The number of thioether (sulfide) groups is 1. The number of aliphatic hydroxyl groups is 1. The number of rotatable bonds is 4. The highest BCUT2D eigenvalue weighted by molar-refractivity contribution is 8.00. The van der Waals surface area contributed by atoms with Crippen LogP contribution in [0.3, 0.4) is 0 Å². The summed E-state index contributed by atoms with van der Waals surface area (Å²) in [4.78, 5) is 0.444. The molecule has 1 N–H and O–H groups in total. The molecular weight excluding hydrogens is 375 g/mol. The first kappa shape index (κ1) is 17.9. The molecule has 0 saturated heterocycles. The predicted molar refractivity (Wildman–Crippen MR) is 87.8 cm³/mol. The predicted octanol–water partition coefficient (Wildman–Crippen LogP) is 5.00. The van der Waals surface area contributed by atoms with Crippen molar-refractivity contribution in [3.8, 4) is 17.6 Å². The van der Waals surface area contributed by atoms with Crippen LogP contribution in [0.2, 0.25) is 0 Å². The van der Waals surface area contributed by atoms with Crippen molar-refractivity contribution in [2.75, 3.05) is 5.21 Å². The van der Waals surface area contributed by atoms with E-state index in [1.54, 1.807) is 6.07 Å². The van der Waals surface area contributed by atoms with E-state index in [4.69, 9.17) is 21.6 Å². The molecule has 130 valence electrons. The second-order valence-corrected chi connectivity index (χ2v) is 7.04. The molecule has 0 heterocycles. The van der Waals surface area contributed by atoms with Crippen LogP contribution < -0.4 is 4.74 Å². The number of fused-ring (bicyclic) bond motifs is 1. The van der Waals surface area contributed by atoms with Gasteiger partial charge in [0.15, 0.2) is 0 Å². The Balaban J connectivity index is 2.05. The zero-order valence-corrected chi connectivity index (χ0v) is 14.2. The maximum atomic E-state index is 14.0. The van der Waals surface area contributed by atoms with E-state index in [2.05, 4.69) is 0 Å². The van der Waals surface area contributed by atoms with E-state index >= 15 is 0 Å². The second-order valence-electron chi connectivity index (χ2n) is 5.44. The largest absolute Gasteiger partial charge is 0.457 e. The summed E-state index contributed by atoms with van der Waals surface area (Å²) in [5.41, 5.74) is 0.270. The third kappa shape index (κ3) is 3.43. The average molecular weight is 386 g/mol. The zero-order chi connectivity index (χ0) is 18.2. The fraction of sp³-hybridized carbons (Fsp3) is 0.235. The van der Waals surface area contributed by atoms with Crippen LogP contribution in [0.4, 0.5) is 13.2 Å². The average Bonchev–Trinajstić information content (AvgIpc) is 2.80. The lowest BCUT2D eigenvalue weighted by Crippen LogP contribution is -2.21. The molecule has 0 bridgehead atoms. The molecule has 0 spiro atoms. The molecule has 2 aromatic carbocycles. The molecule has 0 fully saturated rings. The Bertz CT molecular complexity index is 870. The summed E-state index contributed by atoms with van der Waals surface area (Å²) < 4.78 is 47.1. The van der Waals surface area contributed by atoms with Gasteiger partial charge in [0.25, 0.3) is 5.92 Å². The molecule has 0 radical (unpaired) electrons. The van der Waals surface area contributed by atoms with Crippen molar-refractivity contribution in [3.05, 3.63) is 52.8 Å². The summed E-state index contributed by atoms with van der Waals surface area (Å²) in [6.07, 6.45) is -2.66. The molecule has 25 heavy (non-hydrogen) atoms. The van der Waals surface area contributed by atoms with Crippen molar-refractivity contribution in [3.63, 3.8) is 0 Å². The van der Waals surface area contributed by atoms with Crippen molar-refractivity contribution >= 4 is 23.4 Å². The summed E-state index contributed by atoms with van der Waals surface area (Å²) in [5, 5.41) is 19.0. The molecule has 1 aliphatic rings. The van der Waals surface area contributed by atoms with Crippen molar-refractivity contribution in [1.29, 1.82) is 5.26 Å². The summed E-state index contributed by atoms with van der Waals surface area (Å²) in [6, 6.07) is 8.19. The molecule has 0 saturated carbocycles. The quantitative estimate of drug-likeness (QED) is 0.594. The number of halogens is 4. The van der Waals surface area contributed by atoms with Gasteiger partial charge >= 0.3 is 0 Å². The van der Waals surface area contributed by atoms with E-state index in [0.717, 1.165) is 23.9 Å². The van der Waals surface area contributed by atoms with E-state index in [-0.39, 0.29) is 33.4 Å². The van der Waals surface area contributed by atoms with Gasteiger partial charge in [-0.25, -0.2) is 13.2 Å². The Morgan fingerprint density at radius 2 is 2.12 bits per heavy atom. The normalized spacial score (nSPS) is 17.8. The zero-order valence-electron chi connectivity index (χ0n) is 12.6. The monoisotopic (exact) mass is 385 g/mol. The van der Waals surface area contributed by atoms with Gasteiger partial charge in [0.05, 0.1) is 16.8 Å². The third-order valence-corrected chi connectivity index (χ3v) is 4.90. The third-order valence-electron chi connectivity index (χ3n) is 3.80. The van der Waals surface area contributed by atoms with Gasteiger partial charge in [-0.1, -0.05) is 0 Å². The summed E-state index contributed by atoms with van der Waals surface area (Å²) in [7, 11) is 0. The fourth-order valence-corrected chi connectivity index (χ4v) is 3.77. The van der Waals surface area contributed by atoms with Gasteiger partial charge in [0.1, 0.15) is 23.4 Å². The van der Waals surface area contributed by atoms with E-state index in [0.29, 0.717) is 4.90 Å². The van der Waals surface area contributed by atoms with Gasteiger partial charge in [-0.3, -0.25) is 0 Å². The number of benzene rings is 2. The minimum Gasteiger partial charge on any atom is -0.457 e. The fourth-order valence-electron chi connectivity index (χ4n) is 2.74. The van der Waals surface area contributed by atoms with Crippen LogP contribution in [-0.4, -0.2) is 16.2 Å². The summed E-state index contributed by atoms with van der Waals surface area (Å²) in [6.45, 7) is 0. The Kier molecular flexibility index (Phi) is 4.87. The van der Waals surface area contributed by atoms with Gasteiger partial charge in [-0.2, -0.15) is 5.26 Å². The molecule has 0 unspecified atom stereocenters. The Hall–Kier alpha value is -1.88. The number of hydrogen-bond donors (Lipinski definition) is 1. The Morgan fingerprint density at radius 3 is 2.80 bits per heavy atom. The summed E-state index contributed by atoms with van der Waals surface area (Å²) >= 11 is 6.79. The van der Waals surface area contributed by atoms with E-state index < -0.39 is 24.3 Å². The number of nitriles is 1. The summed E-state index contributed by atoms with van der Waals surface area (Å²) in [5.74, 6) is -3.91. The standard InChI is InChI=1S/C17H11ClF3NO2S/c18-8-25-14-2-1-13(12-6-17(20,21)16(23)15(12)14)24-11-4-9(7-22)3-10(19)5-11/h1-5,16,23H,6,8H2/t16-/m0/s1. The lowest BCUT2D eigenvalue weighted by atomic mass is 10.1. The van der Waals surface area contributed by atoms with E-state index in [9.17, 15) is 18.3 Å². The van der Waals surface area contributed by atoms with Crippen LogP contribution in [0, 0.1) is 17.1 Å². The molecular formula is C17H11ClF3NO2S. The highest BCUT2D eigenvalue weighted by Gasteiger charge is 2.49. The number of hydrogen-bond acceptors (Lipinski definition) is 4. The Labute approximate surface area is 151 Å². The number of aliphatic hydroxyl groups excluding tert-OH is 1. The minimum absolute atomic E-state index is 0.0150. The van der Waals surface area contributed by atoms with Gasteiger partial charge in [0.2, 0.25) is 0 Å². The molecule has 1 aliphatic carbocycles. The SMILES string of the molecule is N#Cc1cc(F)cc(Oc2ccc(SCCl)c3c2CC(F)(F)[C@H]3O)c1. The van der Waals surface area contributed by atoms with Crippen LogP contribution in [0.15, 0.2) is 35.2 Å². The number of ether oxygens (including phenoxy) is 1. The first-order chi connectivity index (χ1) is 11.9. The highest BCUT2D eigenvalue weighted by Crippen LogP contribution is 2.50. The van der Waals surface area contributed by atoms with Crippen molar-refractivity contribution in [1.82, 2.24) is 0 Å². The Morgan fingerprint density at radius 1 is 1.36 bits per heavy atom. The first-order valence-corrected chi connectivity index (χ1v) is 8.66. The van der Waals surface area contributed by atoms with Crippen molar-refractivity contribution in [2.24, 2.45) is 0 Å². The molecule has 2 aromatic rings. The maximum Gasteiger partial charge on any atom is 0.281 e. The minimum atomic E-state index is -3.33. The van der Waals surface area contributed by atoms with Gasteiger partial charge in [-0.05, 0) is 24.3 Å². The number of alkyl halides is 3. The van der Waals surface area contributed by atoms with Crippen molar-refractivity contribution in [2.45, 2.75) is 23.3 Å². The van der Waals surface area contributed by atoms with Crippen LogP contribution in [0.25, 0.3) is 0 Å². The van der Waals surface area contributed by atoms with Crippen LogP contribution in [0.1, 0.15) is 22.8 Å².